The first-order chi connectivity index (χ1) is 15.1. The number of halogens is 1. The van der Waals surface area contributed by atoms with Crippen molar-refractivity contribution in [1.82, 2.24) is 0 Å². The molecule has 0 saturated heterocycles. The monoisotopic (exact) mass is 538 g/mol. The van der Waals surface area contributed by atoms with Gasteiger partial charge in [-0.05, 0) is 55.8 Å². The summed E-state index contributed by atoms with van der Waals surface area (Å²) >= 11 is 3.35. The minimum absolute atomic E-state index is 0.0332. The molecule has 3 rings (SSSR count). The van der Waals surface area contributed by atoms with Crippen LogP contribution in [-0.4, -0.2) is 30.0 Å². The van der Waals surface area contributed by atoms with Gasteiger partial charge in [-0.25, -0.2) is 0 Å². The van der Waals surface area contributed by atoms with Gasteiger partial charge >= 0.3 is 0 Å². The molecule has 0 amide bonds. The summed E-state index contributed by atoms with van der Waals surface area (Å²) in [6.07, 6.45) is 0. The van der Waals surface area contributed by atoms with Crippen molar-refractivity contribution in [3.05, 3.63) is 94.0 Å². The fourth-order valence-corrected chi connectivity index (χ4v) is 5.03. The third-order valence-electron chi connectivity index (χ3n) is 4.81. The summed E-state index contributed by atoms with van der Waals surface area (Å²) in [7, 11) is -8.03. The maximum atomic E-state index is 12.6. The molecule has 0 fully saturated rings. The average Bonchev–Trinajstić information content (AvgIpc) is 2.75. The summed E-state index contributed by atoms with van der Waals surface area (Å²) in [4.78, 5) is 0.0664. The molecule has 0 heterocycles. The third kappa shape index (κ3) is 6.49. The molecular weight excluding hydrogens is 516 g/mol. The van der Waals surface area contributed by atoms with Crippen LogP contribution >= 0.6 is 15.9 Å². The topological polar surface area (TPSA) is 86.7 Å². The van der Waals surface area contributed by atoms with Crippen molar-refractivity contribution >= 4 is 36.2 Å². The highest BCUT2D eigenvalue weighted by Crippen LogP contribution is 2.24. The van der Waals surface area contributed by atoms with Crippen molar-refractivity contribution in [3.63, 3.8) is 0 Å². The smallest absolute Gasteiger partial charge is 0.266 e. The molecule has 0 aromatic heterocycles. The second-order valence-corrected chi connectivity index (χ2v) is 11.5. The van der Waals surface area contributed by atoms with Crippen LogP contribution in [0, 0.1) is 13.8 Å². The standard InChI is InChI=1S/C23H23BrO6S2/c1-17-3-11-22(12-4-17)31(25,26)29-15-20(19-7-9-21(24)10-8-19)16-30-32(27,28)23-13-5-18(2)6-14-23/h3-14,20H,15-16H2,1-2H3. The molecule has 0 unspecified atom stereocenters. The van der Waals surface area contributed by atoms with Crippen LogP contribution < -0.4 is 0 Å². The van der Waals surface area contributed by atoms with E-state index >= 15 is 0 Å². The van der Waals surface area contributed by atoms with E-state index in [9.17, 15) is 16.8 Å². The quantitative estimate of drug-likeness (QED) is 0.358. The van der Waals surface area contributed by atoms with E-state index in [2.05, 4.69) is 15.9 Å². The van der Waals surface area contributed by atoms with Crippen LogP contribution in [0.2, 0.25) is 0 Å². The lowest BCUT2D eigenvalue weighted by Gasteiger charge is -2.18. The first-order valence-corrected chi connectivity index (χ1v) is 13.4. The highest BCUT2D eigenvalue weighted by atomic mass is 79.9. The fraction of sp³-hybridized carbons (Fsp3) is 0.217. The van der Waals surface area contributed by atoms with E-state index < -0.39 is 26.2 Å². The summed E-state index contributed by atoms with van der Waals surface area (Å²) in [5.41, 5.74) is 2.53. The van der Waals surface area contributed by atoms with Crippen molar-refractivity contribution in [2.24, 2.45) is 0 Å². The Morgan fingerprint density at radius 3 is 1.41 bits per heavy atom. The molecule has 0 aliphatic heterocycles. The number of aryl methyl sites for hydroxylation is 2. The van der Waals surface area contributed by atoms with Crippen LogP contribution in [0.4, 0.5) is 0 Å². The van der Waals surface area contributed by atoms with Gasteiger partial charge in [-0.2, -0.15) is 16.8 Å². The lowest BCUT2D eigenvalue weighted by Crippen LogP contribution is -2.20. The van der Waals surface area contributed by atoms with Gasteiger partial charge in [0.1, 0.15) is 0 Å². The minimum Gasteiger partial charge on any atom is -0.266 e. The Hall–Kier alpha value is -2.04. The van der Waals surface area contributed by atoms with Gasteiger partial charge in [0, 0.05) is 10.4 Å². The molecule has 170 valence electrons. The Morgan fingerprint density at radius 2 is 1.03 bits per heavy atom. The molecule has 3 aromatic rings. The molecule has 3 aromatic carbocycles. The maximum Gasteiger partial charge on any atom is 0.296 e. The largest absolute Gasteiger partial charge is 0.296 e. The molecule has 32 heavy (non-hydrogen) atoms. The first-order valence-electron chi connectivity index (χ1n) is 9.74. The highest BCUT2D eigenvalue weighted by Gasteiger charge is 2.23. The molecule has 0 bridgehead atoms. The van der Waals surface area contributed by atoms with Crippen molar-refractivity contribution in [3.8, 4) is 0 Å². The van der Waals surface area contributed by atoms with E-state index in [0.29, 0.717) is 5.56 Å². The molecule has 9 heteroatoms. The molecule has 0 spiro atoms. The molecule has 0 N–H and O–H groups in total. The molecule has 0 aliphatic rings. The predicted molar refractivity (Wildman–Crippen MR) is 126 cm³/mol. The second kappa shape index (κ2) is 10.3. The number of hydrogen-bond donors (Lipinski definition) is 0. The highest BCUT2D eigenvalue weighted by molar-refractivity contribution is 9.10. The van der Waals surface area contributed by atoms with Crippen LogP contribution in [-0.2, 0) is 28.6 Å². The van der Waals surface area contributed by atoms with Gasteiger partial charge in [0.25, 0.3) is 20.2 Å². The zero-order valence-corrected chi connectivity index (χ0v) is 20.8. The molecular formula is C23H23BrO6S2. The van der Waals surface area contributed by atoms with Crippen LogP contribution in [0.25, 0.3) is 0 Å². The van der Waals surface area contributed by atoms with E-state index in [1.807, 2.05) is 13.8 Å². The van der Waals surface area contributed by atoms with E-state index in [4.69, 9.17) is 8.37 Å². The maximum absolute atomic E-state index is 12.6. The molecule has 0 radical (unpaired) electrons. The van der Waals surface area contributed by atoms with Crippen LogP contribution in [0.5, 0.6) is 0 Å². The lowest BCUT2D eigenvalue weighted by molar-refractivity contribution is 0.226. The second-order valence-electron chi connectivity index (χ2n) is 7.35. The summed E-state index contributed by atoms with van der Waals surface area (Å²) in [5.74, 6) is -0.636. The van der Waals surface area contributed by atoms with Crippen LogP contribution in [0.15, 0.2) is 87.1 Å². The van der Waals surface area contributed by atoms with Crippen molar-refractivity contribution in [2.75, 3.05) is 13.2 Å². The Balaban J connectivity index is 1.78. The fourth-order valence-electron chi connectivity index (χ4n) is 2.86. The minimum atomic E-state index is -4.01. The van der Waals surface area contributed by atoms with E-state index in [0.717, 1.165) is 15.6 Å². The normalized spacial score (nSPS) is 12.2. The Bertz CT molecular complexity index is 1170. The number of rotatable bonds is 9. The van der Waals surface area contributed by atoms with E-state index in [-0.39, 0.29) is 23.0 Å². The van der Waals surface area contributed by atoms with Crippen molar-refractivity contribution < 1.29 is 25.2 Å². The van der Waals surface area contributed by atoms with Crippen molar-refractivity contribution in [2.45, 2.75) is 29.6 Å². The summed E-state index contributed by atoms with van der Waals surface area (Å²) < 4.78 is 61.8. The van der Waals surface area contributed by atoms with Gasteiger partial charge in [-0.1, -0.05) is 63.5 Å². The lowest BCUT2D eigenvalue weighted by atomic mass is 10.0. The number of hydrogen-bond acceptors (Lipinski definition) is 6. The molecule has 0 saturated carbocycles. The molecule has 0 atom stereocenters. The SMILES string of the molecule is Cc1ccc(S(=O)(=O)OCC(COS(=O)(=O)c2ccc(C)cc2)c2ccc(Br)cc2)cc1. The molecule has 0 aliphatic carbocycles. The van der Waals surface area contributed by atoms with Gasteiger partial charge in [0.05, 0.1) is 23.0 Å². The van der Waals surface area contributed by atoms with Gasteiger partial charge < -0.3 is 0 Å². The van der Waals surface area contributed by atoms with Gasteiger partial charge in [-0.3, -0.25) is 8.37 Å². The zero-order chi connectivity index (χ0) is 23.4. The van der Waals surface area contributed by atoms with Crippen molar-refractivity contribution in [1.29, 1.82) is 0 Å². The van der Waals surface area contributed by atoms with Gasteiger partial charge in [0.15, 0.2) is 0 Å². The Labute approximate surface area is 197 Å². The first kappa shape index (κ1) is 24.6. The predicted octanol–water partition coefficient (Wildman–Crippen LogP) is 4.96. The van der Waals surface area contributed by atoms with Crippen LogP contribution in [0.1, 0.15) is 22.6 Å². The van der Waals surface area contributed by atoms with E-state index in [1.165, 1.54) is 24.3 Å². The van der Waals surface area contributed by atoms with Crippen LogP contribution in [0.3, 0.4) is 0 Å². The van der Waals surface area contributed by atoms with Gasteiger partial charge in [0.2, 0.25) is 0 Å². The summed E-state index contributed by atoms with van der Waals surface area (Å²) in [6, 6.07) is 19.7. The zero-order valence-electron chi connectivity index (χ0n) is 17.6. The molecule has 6 nitrogen and oxygen atoms in total. The summed E-state index contributed by atoms with van der Waals surface area (Å²) in [6.45, 7) is 3.15. The summed E-state index contributed by atoms with van der Waals surface area (Å²) in [5, 5.41) is 0. The third-order valence-corrected chi connectivity index (χ3v) is 7.93. The van der Waals surface area contributed by atoms with Gasteiger partial charge in [-0.15, -0.1) is 0 Å². The number of benzene rings is 3. The van der Waals surface area contributed by atoms with E-state index in [1.54, 1.807) is 48.5 Å². The Kier molecular flexibility index (Phi) is 7.89. The Morgan fingerprint density at radius 1 is 0.656 bits per heavy atom. The average molecular weight is 539 g/mol.